The number of hydrogen-bond donors (Lipinski definition) is 0. The number of ether oxygens (including phenoxy) is 1. The van der Waals surface area contributed by atoms with Gasteiger partial charge in [0.25, 0.3) is 11.7 Å². The summed E-state index contributed by atoms with van der Waals surface area (Å²) in [7, 11) is 0. The van der Waals surface area contributed by atoms with Gasteiger partial charge >= 0.3 is 5.82 Å². The Labute approximate surface area is 148 Å². The Kier molecular flexibility index (Phi) is 7.16. The fourth-order valence-electron chi connectivity index (χ4n) is 3.00. The normalized spacial score (nSPS) is 16.5. The fraction of sp³-hybridized carbons (Fsp3) is 0.667. The summed E-state index contributed by atoms with van der Waals surface area (Å²) in [6, 6.07) is 2.85. The van der Waals surface area contributed by atoms with E-state index in [1.54, 1.807) is 4.90 Å². The standard InChI is InChI=1S/C18H27N3O4/c1-3-5-6-7-8-9-10-13-20-17-15(25-14(4-2)18(20)22)11-12-16(19-17)21(23)24/h11-12,14H,3-10,13H2,1-2H3. The molecule has 0 bridgehead atoms. The van der Waals surface area contributed by atoms with Gasteiger partial charge in [-0.05, 0) is 28.8 Å². The Morgan fingerprint density at radius 3 is 2.48 bits per heavy atom. The van der Waals surface area contributed by atoms with Gasteiger partial charge in [0.1, 0.15) is 0 Å². The summed E-state index contributed by atoms with van der Waals surface area (Å²) in [4.78, 5) is 28.6. The molecule has 1 aliphatic rings. The van der Waals surface area contributed by atoms with E-state index < -0.39 is 11.0 Å². The van der Waals surface area contributed by atoms with Crippen LogP contribution in [0.1, 0.15) is 65.2 Å². The van der Waals surface area contributed by atoms with Gasteiger partial charge in [-0.1, -0.05) is 52.4 Å². The molecule has 0 saturated carbocycles. The smallest absolute Gasteiger partial charge is 0.366 e. The second kappa shape index (κ2) is 9.34. The average Bonchev–Trinajstić information content (AvgIpc) is 2.61. The third-order valence-electron chi connectivity index (χ3n) is 4.43. The van der Waals surface area contributed by atoms with E-state index in [4.69, 9.17) is 4.74 Å². The molecule has 1 unspecified atom stereocenters. The van der Waals surface area contributed by atoms with Crippen LogP contribution in [0.3, 0.4) is 0 Å². The topological polar surface area (TPSA) is 85.6 Å². The van der Waals surface area contributed by atoms with Crippen molar-refractivity contribution >= 4 is 17.5 Å². The summed E-state index contributed by atoms with van der Waals surface area (Å²) < 4.78 is 5.65. The highest BCUT2D eigenvalue weighted by Crippen LogP contribution is 2.34. The number of nitrogens with zero attached hydrogens (tertiary/aromatic N) is 3. The van der Waals surface area contributed by atoms with Gasteiger partial charge in [0, 0.05) is 12.6 Å². The van der Waals surface area contributed by atoms with E-state index in [-0.39, 0.29) is 17.5 Å². The number of carbonyl (C=O) groups is 1. The molecule has 2 heterocycles. The molecular weight excluding hydrogens is 322 g/mol. The lowest BCUT2D eigenvalue weighted by molar-refractivity contribution is -0.389. The van der Waals surface area contributed by atoms with Gasteiger partial charge in [-0.2, -0.15) is 0 Å². The second-order valence-electron chi connectivity index (χ2n) is 6.37. The van der Waals surface area contributed by atoms with Crippen LogP contribution in [0, 0.1) is 10.1 Å². The van der Waals surface area contributed by atoms with Crippen molar-refractivity contribution in [1.82, 2.24) is 4.98 Å². The molecule has 1 amide bonds. The average molecular weight is 349 g/mol. The number of aromatic nitrogens is 1. The Hall–Kier alpha value is -2.18. The van der Waals surface area contributed by atoms with Crippen molar-refractivity contribution < 1.29 is 14.5 Å². The van der Waals surface area contributed by atoms with Gasteiger partial charge in [-0.25, -0.2) is 0 Å². The van der Waals surface area contributed by atoms with Gasteiger partial charge in [0.05, 0.1) is 0 Å². The molecular formula is C18H27N3O4. The maximum atomic E-state index is 12.6. The SMILES string of the molecule is CCCCCCCCCN1C(=O)C(CC)Oc2ccc([N+](=O)[O-])nc21. The van der Waals surface area contributed by atoms with Gasteiger partial charge in [0.2, 0.25) is 0 Å². The predicted molar refractivity (Wildman–Crippen MR) is 95.9 cm³/mol. The van der Waals surface area contributed by atoms with E-state index in [1.165, 1.54) is 37.8 Å². The molecule has 0 fully saturated rings. The van der Waals surface area contributed by atoms with E-state index in [2.05, 4.69) is 11.9 Å². The Balaban J connectivity index is 2.03. The van der Waals surface area contributed by atoms with Crippen LogP contribution >= 0.6 is 0 Å². The molecule has 138 valence electrons. The Morgan fingerprint density at radius 2 is 1.84 bits per heavy atom. The van der Waals surface area contributed by atoms with Crippen LogP contribution in [0.25, 0.3) is 0 Å². The minimum atomic E-state index is -0.553. The lowest BCUT2D eigenvalue weighted by atomic mass is 10.1. The van der Waals surface area contributed by atoms with Crippen molar-refractivity contribution in [3.05, 3.63) is 22.2 Å². The molecule has 0 radical (unpaired) electrons. The largest absolute Gasteiger partial charge is 0.474 e. The minimum absolute atomic E-state index is 0.158. The summed E-state index contributed by atoms with van der Waals surface area (Å²) in [5.74, 6) is 0.290. The number of pyridine rings is 1. The number of rotatable bonds is 10. The van der Waals surface area contributed by atoms with Crippen molar-refractivity contribution in [3.8, 4) is 5.75 Å². The van der Waals surface area contributed by atoms with Crippen LogP contribution in [-0.4, -0.2) is 28.5 Å². The molecule has 1 atom stereocenters. The molecule has 0 N–H and O–H groups in total. The molecule has 0 spiro atoms. The van der Waals surface area contributed by atoms with Crippen molar-refractivity contribution in [2.24, 2.45) is 0 Å². The first-order valence-corrected chi connectivity index (χ1v) is 9.22. The zero-order chi connectivity index (χ0) is 18.2. The number of fused-ring (bicyclic) bond motifs is 1. The highest BCUT2D eigenvalue weighted by Gasteiger charge is 2.37. The van der Waals surface area contributed by atoms with E-state index in [0.29, 0.717) is 18.7 Å². The van der Waals surface area contributed by atoms with Crippen LogP contribution in [0.15, 0.2) is 12.1 Å². The number of hydrogen-bond acceptors (Lipinski definition) is 5. The van der Waals surface area contributed by atoms with Gasteiger partial charge < -0.3 is 14.9 Å². The summed E-state index contributed by atoms with van der Waals surface area (Å²) in [6.45, 7) is 4.60. The van der Waals surface area contributed by atoms with Gasteiger partial charge in [0.15, 0.2) is 11.9 Å². The van der Waals surface area contributed by atoms with Crippen LogP contribution in [0.5, 0.6) is 5.75 Å². The predicted octanol–water partition coefficient (Wildman–Crippen LogP) is 4.24. The number of nitro groups is 1. The zero-order valence-electron chi connectivity index (χ0n) is 15.1. The summed E-state index contributed by atoms with van der Waals surface area (Å²) in [5, 5.41) is 11.0. The summed E-state index contributed by atoms with van der Waals surface area (Å²) in [5.41, 5.74) is 0. The van der Waals surface area contributed by atoms with Crippen LogP contribution in [-0.2, 0) is 4.79 Å². The molecule has 0 saturated heterocycles. The third kappa shape index (κ3) is 4.90. The summed E-state index contributed by atoms with van der Waals surface area (Å²) in [6.07, 6.45) is 8.01. The first-order chi connectivity index (χ1) is 12.1. The monoisotopic (exact) mass is 349 g/mol. The van der Waals surface area contributed by atoms with Crippen molar-refractivity contribution in [3.63, 3.8) is 0 Å². The highest BCUT2D eigenvalue weighted by molar-refractivity contribution is 5.99. The molecule has 2 rings (SSSR count). The minimum Gasteiger partial charge on any atom is -0.474 e. The molecule has 0 aliphatic carbocycles. The first-order valence-electron chi connectivity index (χ1n) is 9.22. The molecule has 1 aliphatic heterocycles. The van der Waals surface area contributed by atoms with E-state index in [1.807, 2.05) is 6.92 Å². The molecule has 7 nitrogen and oxygen atoms in total. The van der Waals surface area contributed by atoms with Crippen molar-refractivity contribution in [2.75, 3.05) is 11.4 Å². The van der Waals surface area contributed by atoms with Crippen LogP contribution in [0.4, 0.5) is 11.6 Å². The van der Waals surface area contributed by atoms with Crippen molar-refractivity contribution in [2.45, 2.75) is 71.3 Å². The molecule has 7 heteroatoms. The lowest BCUT2D eigenvalue weighted by Gasteiger charge is -2.30. The maximum absolute atomic E-state index is 12.6. The van der Waals surface area contributed by atoms with Gasteiger partial charge in [-0.15, -0.1) is 0 Å². The van der Waals surface area contributed by atoms with E-state index in [9.17, 15) is 14.9 Å². The van der Waals surface area contributed by atoms with Crippen molar-refractivity contribution in [1.29, 1.82) is 0 Å². The first kappa shape index (κ1) is 19.1. The third-order valence-corrected chi connectivity index (χ3v) is 4.43. The van der Waals surface area contributed by atoms with Crippen LogP contribution < -0.4 is 9.64 Å². The van der Waals surface area contributed by atoms with Gasteiger partial charge in [-0.3, -0.25) is 9.69 Å². The van der Waals surface area contributed by atoms with E-state index in [0.717, 1.165) is 19.3 Å². The lowest BCUT2D eigenvalue weighted by Crippen LogP contribution is -2.46. The molecule has 0 aromatic carbocycles. The Morgan fingerprint density at radius 1 is 1.16 bits per heavy atom. The number of anilines is 1. The zero-order valence-corrected chi connectivity index (χ0v) is 15.1. The highest BCUT2D eigenvalue weighted by atomic mass is 16.6. The molecule has 1 aromatic heterocycles. The number of carbonyl (C=O) groups excluding carboxylic acids is 1. The number of amides is 1. The molecule has 25 heavy (non-hydrogen) atoms. The maximum Gasteiger partial charge on any atom is 0.366 e. The van der Waals surface area contributed by atoms with Crippen LogP contribution in [0.2, 0.25) is 0 Å². The molecule has 1 aromatic rings. The summed E-state index contributed by atoms with van der Waals surface area (Å²) >= 11 is 0. The quantitative estimate of drug-likeness (QED) is 0.358. The second-order valence-corrected chi connectivity index (χ2v) is 6.37. The van der Waals surface area contributed by atoms with E-state index >= 15 is 0 Å². The number of unbranched alkanes of at least 4 members (excludes halogenated alkanes) is 6. The Bertz CT molecular complexity index is 606. The fourth-order valence-corrected chi connectivity index (χ4v) is 3.00.